The van der Waals surface area contributed by atoms with Crippen molar-refractivity contribution in [2.75, 3.05) is 18.6 Å². The molecule has 0 aromatic heterocycles. The topological polar surface area (TPSA) is 107 Å². The molecule has 1 aliphatic heterocycles. The number of alkyl halides is 2. The molecule has 2 rings (SSSR count). The summed E-state index contributed by atoms with van der Waals surface area (Å²) in [5, 5.41) is 10.2. The van der Waals surface area contributed by atoms with Crippen molar-refractivity contribution in [3.05, 3.63) is 29.3 Å². The fourth-order valence-electron chi connectivity index (χ4n) is 2.94. The minimum Gasteiger partial charge on any atom is -0.535 e. The fraction of sp³-hybridized carbons (Fsp3) is 0.556. The number of sulfone groups is 1. The zero-order valence-corrected chi connectivity index (χ0v) is 17.0. The lowest BCUT2D eigenvalue weighted by Gasteiger charge is -2.28. The van der Waals surface area contributed by atoms with E-state index in [0.717, 1.165) is 13.2 Å². The predicted molar refractivity (Wildman–Crippen MR) is 102 cm³/mol. The summed E-state index contributed by atoms with van der Waals surface area (Å²) in [6, 6.07) is 4.65. The smallest absolute Gasteiger partial charge is 0.526 e. The number of ether oxygens (including phenoxy) is 1. The summed E-state index contributed by atoms with van der Waals surface area (Å²) in [4.78, 5) is 24.2. The number of benzene rings is 1. The Balaban J connectivity index is 2.04. The van der Waals surface area contributed by atoms with Gasteiger partial charge >= 0.3 is 13.1 Å². The number of rotatable bonds is 9. The highest BCUT2D eigenvalue weighted by molar-refractivity contribution is 7.90. The van der Waals surface area contributed by atoms with Gasteiger partial charge in [0, 0.05) is 31.3 Å². The quantitative estimate of drug-likeness (QED) is 0.470. The van der Waals surface area contributed by atoms with Crippen molar-refractivity contribution in [1.82, 2.24) is 0 Å². The van der Waals surface area contributed by atoms with Crippen molar-refractivity contribution in [3.8, 4) is 5.75 Å². The number of hydrogen-bond donors (Lipinski definition) is 1. The lowest BCUT2D eigenvalue weighted by atomic mass is 9.64. The van der Waals surface area contributed by atoms with Gasteiger partial charge in [0.1, 0.15) is 23.7 Å². The van der Waals surface area contributed by atoms with Crippen molar-refractivity contribution in [3.63, 3.8) is 0 Å². The standard InChI is InChI=1S/C18H23BF2O7S/c1-18(20,21)7-6-14(22)11-13-10-12-4-3-5-15(16(12)28-19(13)24)17(23)27-8-9-29(2,25)26/h3-5,13,24H,6-11H2,1-2H3/t13-/m1/s1. The summed E-state index contributed by atoms with van der Waals surface area (Å²) < 4.78 is 58.5. The molecule has 11 heteroatoms. The third kappa shape index (κ3) is 7.39. The Morgan fingerprint density at radius 3 is 2.69 bits per heavy atom. The van der Waals surface area contributed by atoms with Gasteiger partial charge in [0.05, 0.1) is 5.75 Å². The molecule has 0 amide bonds. The Labute approximate surface area is 168 Å². The molecule has 0 unspecified atom stereocenters. The molecule has 0 aliphatic carbocycles. The second-order valence-corrected chi connectivity index (χ2v) is 9.60. The molecule has 0 radical (unpaired) electrons. The SMILES string of the molecule is CC(F)(F)CCC(=O)C[C@H]1Cc2cccc(C(=O)OCCS(C)(=O)=O)c2OB1O. The number of fused-ring (bicyclic) bond motifs is 1. The van der Waals surface area contributed by atoms with E-state index >= 15 is 0 Å². The van der Waals surface area contributed by atoms with Crippen molar-refractivity contribution in [1.29, 1.82) is 0 Å². The molecule has 1 heterocycles. The largest absolute Gasteiger partial charge is 0.535 e. The van der Waals surface area contributed by atoms with E-state index in [0.29, 0.717) is 5.56 Å². The molecule has 1 aromatic rings. The Hall–Kier alpha value is -2.01. The molecule has 0 bridgehead atoms. The van der Waals surface area contributed by atoms with Gasteiger partial charge in [-0.25, -0.2) is 22.0 Å². The van der Waals surface area contributed by atoms with E-state index < -0.39 is 46.9 Å². The van der Waals surface area contributed by atoms with Crippen molar-refractivity contribution in [2.45, 2.75) is 44.3 Å². The molecular formula is C18H23BF2O7S. The molecule has 1 N–H and O–H groups in total. The maximum atomic E-state index is 12.9. The summed E-state index contributed by atoms with van der Waals surface area (Å²) in [6.45, 7) is 0.425. The van der Waals surface area contributed by atoms with E-state index in [9.17, 15) is 31.8 Å². The Morgan fingerprint density at radius 1 is 1.38 bits per heavy atom. The highest BCUT2D eigenvalue weighted by atomic mass is 32.2. The molecular weight excluding hydrogens is 409 g/mol. The number of esters is 1. The normalized spacial score (nSPS) is 16.7. The number of carbonyl (C=O) groups is 2. The second-order valence-electron chi connectivity index (χ2n) is 7.35. The zero-order valence-electron chi connectivity index (χ0n) is 16.2. The van der Waals surface area contributed by atoms with Crippen LogP contribution in [0, 0.1) is 0 Å². The number of halogens is 2. The predicted octanol–water partition coefficient (Wildman–Crippen LogP) is 2.07. The van der Waals surface area contributed by atoms with E-state index in [1.54, 1.807) is 12.1 Å². The Morgan fingerprint density at radius 2 is 2.07 bits per heavy atom. The fourth-order valence-corrected chi connectivity index (χ4v) is 3.32. The lowest BCUT2D eigenvalue weighted by Crippen LogP contribution is -2.36. The third-order valence-electron chi connectivity index (χ3n) is 4.46. The van der Waals surface area contributed by atoms with Crippen LogP contribution < -0.4 is 4.65 Å². The van der Waals surface area contributed by atoms with Gasteiger partial charge in [-0.1, -0.05) is 12.1 Å². The average molecular weight is 432 g/mol. The monoisotopic (exact) mass is 432 g/mol. The van der Waals surface area contributed by atoms with Crippen LogP contribution >= 0.6 is 0 Å². The molecule has 7 nitrogen and oxygen atoms in total. The lowest BCUT2D eigenvalue weighted by molar-refractivity contribution is -0.121. The summed E-state index contributed by atoms with van der Waals surface area (Å²) in [6.07, 6.45) is 0.255. The Bertz CT molecular complexity index is 867. The first-order valence-corrected chi connectivity index (χ1v) is 11.1. The summed E-state index contributed by atoms with van der Waals surface area (Å²) in [5.41, 5.74) is 0.594. The van der Waals surface area contributed by atoms with E-state index in [1.165, 1.54) is 6.07 Å². The van der Waals surface area contributed by atoms with E-state index in [1.807, 2.05) is 0 Å². The highest BCUT2D eigenvalue weighted by Gasteiger charge is 2.38. The van der Waals surface area contributed by atoms with Gasteiger partial charge in [0.25, 0.3) is 0 Å². The first kappa shape index (κ1) is 23.3. The molecule has 0 saturated carbocycles. The van der Waals surface area contributed by atoms with Crippen LogP contribution in [0.3, 0.4) is 0 Å². The first-order chi connectivity index (χ1) is 13.4. The number of Topliss-reactive ketones (excluding diaryl/α,β-unsaturated/α-hetero) is 1. The number of hydrogen-bond acceptors (Lipinski definition) is 7. The van der Waals surface area contributed by atoms with Gasteiger partial charge in [-0.3, -0.25) is 4.79 Å². The van der Waals surface area contributed by atoms with E-state index in [2.05, 4.69) is 0 Å². The summed E-state index contributed by atoms with van der Waals surface area (Å²) >= 11 is 0. The van der Waals surface area contributed by atoms with Crippen molar-refractivity contribution in [2.24, 2.45) is 0 Å². The Kier molecular flexibility index (Phi) is 7.39. The minimum absolute atomic E-state index is 0.0328. The molecule has 0 fully saturated rings. The van der Waals surface area contributed by atoms with E-state index in [-0.39, 0.29) is 42.9 Å². The van der Waals surface area contributed by atoms with Gasteiger partial charge in [0.2, 0.25) is 5.92 Å². The molecule has 0 spiro atoms. The molecule has 1 atom stereocenters. The van der Waals surface area contributed by atoms with Gasteiger partial charge in [-0.05, 0) is 25.0 Å². The van der Waals surface area contributed by atoms with Crippen LogP contribution in [0.4, 0.5) is 8.78 Å². The molecule has 160 valence electrons. The minimum atomic E-state index is -3.29. The molecule has 0 saturated heterocycles. The third-order valence-corrected chi connectivity index (χ3v) is 5.37. The van der Waals surface area contributed by atoms with Crippen LogP contribution in [-0.2, 0) is 25.8 Å². The zero-order chi connectivity index (χ0) is 21.8. The highest BCUT2D eigenvalue weighted by Crippen LogP contribution is 2.37. The molecule has 1 aromatic carbocycles. The average Bonchev–Trinajstić information content (AvgIpc) is 2.58. The van der Waals surface area contributed by atoms with Crippen LogP contribution in [0.15, 0.2) is 18.2 Å². The maximum absolute atomic E-state index is 12.9. The first-order valence-electron chi connectivity index (χ1n) is 9.07. The summed E-state index contributed by atoms with van der Waals surface area (Å²) in [7, 11) is -4.68. The van der Waals surface area contributed by atoms with Gasteiger partial charge in [0.15, 0.2) is 9.84 Å². The van der Waals surface area contributed by atoms with Crippen molar-refractivity contribution >= 4 is 28.7 Å². The van der Waals surface area contributed by atoms with Gasteiger partial charge < -0.3 is 14.4 Å². The van der Waals surface area contributed by atoms with Crippen molar-refractivity contribution < 1.29 is 41.2 Å². The number of ketones is 1. The maximum Gasteiger partial charge on any atom is 0.526 e. The summed E-state index contributed by atoms with van der Waals surface area (Å²) in [5.74, 6) is -4.98. The van der Waals surface area contributed by atoms with E-state index in [4.69, 9.17) is 9.39 Å². The molecule has 1 aliphatic rings. The molecule has 29 heavy (non-hydrogen) atoms. The van der Waals surface area contributed by atoms with Crippen LogP contribution in [0.5, 0.6) is 5.75 Å². The number of para-hydroxylation sites is 1. The van der Waals surface area contributed by atoms with Crippen LogP contribution in [0.2, 0.25) is 5.82 Å². The second kappa shape index (κ2) is 9.21. The number of carbonyl (C=O) groups excluding carboxylic acids is 2. The van der Waals surface area contributed by atoms with Gasteiger partial charge in [-0.2, -0.15) is 0 Å². The van der Waals surface area contributed by atoms with Crippen LogP contribution in [-0.4, -0.2) is 56.9 Å². The van der Waals surface area contributed by atoms with Crippen LogP contribution in [0.1, 0.15) is 42.1 Å². The van der Waals surface area contributed by atoms with Crippen LogP contribution in [0.25, 0.3) is 0 Å². The van der Waals surface area contributed by atoms with Gasteiger partial charge in [-0.15, -0.1) is 0 Å².